The van der Waals surface area contributed by atoms with Crippen molar-refractivity contribution < 1.29 is 0 Å². The molecular weight excluding hydrogens is 120 g/mol. The van der Waals surface area contributed by atoms with Gasteiger partial charge >= 0.3 is 0 Å². The molecule has 0 fully saturated rings. The highest BCUT2D eigenvalue weighted by Gasteiger charge is 1.76. The molecule has 0 aromatic rings. The minimum Gasteiger partial charge on any atom is -0.0988 e. The molecule has 0 saturated carbocycles. The summed E-state index contributed by atoms with van der Waals surface area (Å²) in [6.07, 6.45) is 3.81. The molecule has 0 heterocycles. The third-order valence-corrected chi connectivity index (χ3v) is 0.796. The van der Waals surface area contributed by atoms with Crippen LogP contribution in [0.15, 0.2) is 36.5 Å². The van der Waals surface area contributed by atoms with Gasteiger partial charge in [0.2, 0.25) is 0 Å². The lowest BCUT2D eigenvalue weighted by Gasteiger charge is -1.87. The van der Waals surface area contributed by atoms with E-state index < -0.39 is 0 Å². The fraction of sp³-hybridized carbons (Fsp3) is 0.400. The number of allylic oxidation sites excluding steroid dienone is 4. The largest absolute Gasteiger partial charge is 0.0988 e. The van der Waals surface area contributed by atoms with Crippen LogP contribution in [0.1, 0.15) is 27.7 Å². The van der Waals surface area contributed by atoms with E-state index in [-0.39, 0.29) is 0 Å². The second-order valence-corrected chi connectivity index (χ2v) is 1.94. The number of hydrogen-bond donors (Lipinski definition) is 0. The van der Waals surface area contributed by atoms with Gasteiger partial charge in [0.25, 0.3) is 0 Å². The first kappa shape index (κ1) is 12.0. The fourth-order valence-corrected chi connectivity index (χ4v) is 0.448. The number of hydrogen-bond acceptors (Lipinski definition) is 0. The third-order valence-electron chi connectivity index (χ3n) is 0.796. The molecule has 0 saturated heterocycles. The summed E-state index contributed by atoms with van der Waals surface area (Å²) in [7, 11) is 0. The molecule has 0 aromatic heterocycles. The van der Waals surface area contributed by atoms with Crippen molar-refractivity contribution in [2.24, 2.45) is 0 Å². The summed E-state index contributed by atoms with van der Waals surface area (Å²) >= 11 is 0. The maximum absolute atomic E-state index is 3.72. The molecular formula is C10H18. The Morgan fingerprint density at radius 1 is 1.20 bits per heavy atom. The Balaban J connectivity index is 0. The summed E-state index contributed by atoms with van der Waals surface area (Å²) in [5.41, 5.74) is 2.24. The molecule has 0 amide bonds. The van der Waals surface area contributed by atoms with Crippen LogP contribution in [-0.4, -0.2) is 0 Å². The summed E-state index contributed by atoms with van der Waals surface area (Å²) in [5, 5.41) is 0. The van der Waals surface area contributed by atoms with Gasteiger partial charge in [-0.2, -0.15) is 0 Å². The summed E-state index contributed by atoms with van der Waals surface area (Å²) < 4.78 is 0. The highest BCUT2D eigenvalue weighted by molar-refractivity contribution is 5.23. The molecule has 0 atom stereocenters. The van der Waals surface area contributed by atoms with E-state index >= 15 is 0 Å². The predicted octanol–water partition coefficient (Wildman–Crippen LogP) is 3.72. The Bertz CT molecular complexity index is 127. The van der Waals surface area contributed by atoms with Gasteiger partial charge in [0.05, 0.1) is 0 Å². The molecule has 0 bridgehead atoms. The standard InChI is InChI=1S/C8H12.C2H6/c1-5-8(4)6-7(2)3;1-2/h5-6H,1-2H2,3-4H3;1-2H3/b8-6-;. The van der Waals surface area contributed by atoms with Crippen LogP contribution in [0.25, 0.3) is 0 Å². The van der Waals surface area contributed by atoms with Crippen molar-refractivity contribution in [2.45, 2.75) is 27.7 Å². The summed E-state index contributed by atoms with van der Waals surface area (Å²) in [4.78, 5) is 0. The van der Waals surface area contributed by atoms with Crippen LogP contribution in [0, 0.1) is 0 Å². The van der Waals surface area contributed by atoms with Crippen molar-refractivity contribution in [3.05, 3.63) is 36.5 Å². The molecule has 0 aromatic carbocycles. The molecule has 0 heteroatoms. The molecule has 0 aliphatic carbocycles. The fourth-order valence-electron chi connectivity index (χ4n) is 0.448. The van der Waals surface area contributed by atoms with Gasteiger partial charge in [0.15, 0.2) is 0 Å². The smallest absolute Gasteiger partial charge is 0.0398 e. The van der Waals surface area contributed by atoms with Gasteiger partial charge in [-0.1, -0.05) is 50.3 Å². The van der Waals surface area contributed by atoms with E-state index in [4.69, 9.17) is 0 Å². The van der Waals surface area contributed by atoms with Crippen LogP contribution in [-0.2, 0) is 0 Å². The zero-order valence-electron chi connectivity index (χ0n) is 7.57. The van der Waals surface area contributed by atoms with Crippen LogP contribution >= 0.6 is 0 Å². The SMILES string of the molecule is C=C/C(C)=C\C(=C)C.CC. The first-order valence-corrected chi connectivity index (χ1v) is 3.63. The van der Waals surface area contributed by atoms with Crippen LogP contribution < -0.4 is 0 Å². The molecule has 58 valence electrons. The lowest BCUT2D eigenvalue weighted by Crippen LogP contribution is -1.66. The first-order chi connectivity index (χ1) is 4.66. The summed E-state index contributed by atoms with van der Waals surface area (Å²) in [5.74, 6) is 0. The molecule has 0 radical (unpaired) electrons. The van der Waals surface area contributed by atoms with E-state index in [1.54, 1.807) is 0 Å². The Labute approximate surface area is 65.0 Å². The van der Waals surface area contributed by atoms with Crippen LogP contribution in [0.5, 0.6) is 0 Å². The minimum atomic E-state index is 1.07. The Morgan fingerprint density at radius 3 is 1.70 bits per heavy atom. The van der Waals surface area contributed by atoms with Gasteiger partial charge in [0, 0.05) is 0 Å². The van der Waals surface area contributed by atoms with Crippen molar-refractivity contribution in [3.63, 3.8) is 0 Å². The Kier molecular flexibility index (Phi) is 9.82. The Morgan fingerprint density at radius 2 is 1.60 bits per heavy atom. The van der Waals surface area contributed by atoms with Crippen molar-refractivity contribution >= 4 is 0 Å². The second kappa shape index (κ2) is 8.22. The summed E-state index contributed by atoms with van der Waals surface area (Å²) in [6.45, 7) is 15.3. The van der Waals surface area contributed by atoms with E-state index in [9.17, 15) is 0 Å². The van der Waals surface area contributed by atoms with Gasteiger partial charge < -0.3 is 0 Å². The van der Waals surface area contributed by atoms with Gasteiger partial charge in [-0.3, -0.25) is 0 Å². The average molecular weight is 138 g/mol. The molecule has 10 heavy (non-hydrogen) atoms. The zero-order chi connectivity index (χ0) is 8.57. The van der Waals surface area contributed by atoms with Crippen LogP contribution in [0.3, 0.4) is 0 Å². The molecule has 0 spiro atoms. The molecule has 0 nitrogen and oxygen atoms in total. The third kappa shape index (κ3) is 10.3. The van der Waals surface area contributed by atoms with Gasteiger partial charge in [-0.25, -0.2) is 0 Å². The Hall–Kier alpha value is -0.780. The highest BCUT2D eigenvalue weighted by Crippen LogP contribution is 1.97. The van der Waals surface area contributed by atoms with Crippen LogP contribution in [0.2, 0.25) is 0 Å². The maximum Gasteiger partial charge on any atom is -0.0398 e. The molecule has 0 N–H and O–H groups in total. The zero-order valence-corrected chi connectivity index (χ0v) is 7.57. The quantitative estimate of drug-likeness (QED) is 0.510. The normalized spacial score (nSPS) is 9.40. The monoisotopic (exact) mass is 138 g/mol. The topological polar surface area (TPSA) is 0 Å². The molecule has 0 unspecified atom stereocenters. The van der Waals surface area contributed by atoms with Crippen LogP contribution in [0.4, 0.5) is 0 Å². The van der Waals surface area contributed by atoms with Gasteiger partial charge in [-0.15, -0.1) is 0 Å². The van der Waals surface area contributed by atoms with Crippen molar-refractivity contribution in [3.8, 4) is 0 Å². The van der Waals surface area contributed by atoms with E-state index in [1.165, 1.54) is 0 Å². The molecule has 0 aliphatic rings. The van der Waals surface area contributed by atoms with E-state index in [1.807, 2.05) is 39.8 Å². The van der Waals surface area contributed by atoms with E-state index in [0.29, 0.717) is 0 Å². The first-order valence-electron chi connectivity index (χ1n) is 3.63. The minimum absolute atomic E-state index is 1.07. The van der Waals surface area contributed by atoms with Crippen molar-refractivity contribution in [1.82, 2.24) is 0 Å². The highest BCUT2D eigenvalue weighted by atomic mass is 13.8. The van der Waals surface area contributed by atoms with Gasteiger partial charge in [0.1, 0.15) is 0 Å². The number of rotatable bonds is 2. The van der Waals surface area contributed by atoms with Gasteiger partial charge in [-0.05, 0) is 13.8 Å². The second-order valence-electron chi connectivity index (χ2n) is 1.94. The maximum atomic E-state index is 3.72. The van der Waals surface area contributed by atoms with E-state index in [2.05, 4.69) is 13.2 Å². The van der Waals surface area contributed by atoms with Crippen molar-refractivity contribution in [1.29, 1.82) is 0 Å². The van der Waals surface area contributed by atoms with E-state index in [0.717, 1.165) is 11.1 Å². The van der Waals surface area contributed by atoms with Crippen molar-refractivity contribution in [2.75, 3.05) is 0 Å². The lowest BCUT2D eigenvalue weighted by atomic mass is 10.2. The lowest BCUT2D eigenvalue weighted by molar-refractivity contribution is 1.46. The summed E-state index contributed by atoms with van der Waals surface area (Å²) in [6, 6.07) is 0. The predicted molar refractivity (Wildman–Crippen MR) is 50.1 cm³/mol. The molecule has 0 rings (SSSR count). The molecule has 0 aliphatic heterocycles. The average Bonchev–Trinajstić information content (AvgIpc) is 1.91.